The van der Waals surface area contributed by atoms with Gasteiger partial charge in [0, 0.05) is 24.6 Å². The largest absolute Gasteiger partial charge is 0.383 e. The molecule has 2 N–H and O–H groups in total. The molecule has 0 aliphatic rings. The number of hydrogen-bond donors (Lipinski definition) is 2. The normalized spacial score (nSPS) is 10.9. The first-order valence-corrected chi connectivity index (χ1v) is 6.41. The average Bonchev–Trinajstić information content (AvgIpc) is 2.82. The number of amides is 1. The van der Waals surface area contributed by atoms with E-state index in [4.69, 9.17) is 4.74 Å². The van der Waals surface area contributed by atoms with Crippen LogP contribution in [0.15, 0.2) is 12.1 Å². The predicted octanol–water partition coefficient (Wildman–Crippen LogP) is 2.47. The Labute approximate surface area is 113 Å². The minimum Gasteiger partial charge on any atom is -0.383 e. The molecule has 0 aliphatic carbocycles. The quantitative estimate of drug-likeness (QED) is 0.830. The molecule has 0 atom stereocenters. The SMILES string of the molecule is COCCNC(=O)c1cc2c(C)cc(C)c(C)c2[nH]1. The molecule has 1 amide bonds. The van der Waals surface area contributed by atoms with Crippen LogP contribution in [0.2, 0.25) is 0 Å². The van der Waals surface area contributed by atoms with Gasteiger partial charge in [-0.25, -0.2) is 0 Å². The van der Waals surface area contributed by atoms with Crippen molar-refractivity contribution in [2.24, 2.45) is 0 Å². The van der Waals surface area contributed by atoms with Crippen molar-refractivity contribution in [2.45, 2.75) is 20.8 Å². The molecule has 0 aliphatic heterocycles. The Hall–Kier alpha value is -1.81. The topological polar surface area (TPSA) is 54.1 Å². The summed E-state index contributed by atoms with van der Waals surface area (Å²) in [4.78, 5) is 15.2. The van der Waals surface area contributed by atoms with E-state index >= 15 is 0 Å². The Morgan fingerprint density at radius 2 is 2.00 bits per heavy atom. The van der Waals surface area contributed by atoms with Gasteiger partial charge in [0.25, 0.3) is 5.91 Å². The lowest BCUT2D eigenvalue weighted by Crippen LogP contribution is -2.27. The minimum absolute atomic E-state index is 0.0929. The molecular formula is C15H20N2O2. The summed E-state index contributed by atoms with van der Waals surface area (Å²) in [6, 6.07) is 4.07. The van der Waals surface area contributed by atoms with Crippen LogP contribution >= 0.6 is 0 Å². The second-order valence-electron chi connectivity index (χ2n) is 4.86. The first kappa shape index (κ1) is 13.6. The highest BCUT2D eigenvalue weighted by Crippen LogP contribution is 2.25. The number of nitrogens with one attached hydrogen (secondary N) is 2. The van der Waals surface area contributed by atoms with E-state index < -0.39 is 0 Å². The lowest BCUT2D eigenvalue weighted by molar-refractivity contribution is 0.0933. The van der Waals surface area contributed by atoms with Crippen molar-refractivity contribution in [1.82, 2.24) is 10.3 Å². The summed E-state index contributed by atoms with van der Waals surface area (Å²) in [7, 11) is 1.62. The molecule has 1 aromatic heterocycles. The summed E-state index contributed by atoms with van der Waals surface area (Å²) in [6.45, 7) is 7.25. The van der Waals surface area contributed by atoms with E-state index in [1.807, 2.05) is 6.07 Å². The summed E-state index contributed by atoms with van der Waals surface area (Å²) in [6.07, 6.45) is 0. The van der Waals surface area contributed by atoms with E-state index in [-0.39, 0.29) is 5.91 Å². The van der Waals surface area contributed by atoms with E-state index in [9.17, 15) is 4.79 Å². The number of benzene rings is 1. The molecule has 2 rings (SSSR count). The molecule has 0 fully saturated rings. The van der Waals surface area contributed by atoms with Crippen molar-refractivity contribution < 1.29 is 9.53 Å². The maximum absolute atomic E-state index is 12.0. The third kappa shape index (κ3) is 2.63. The summed E-state index contributed by atoms with van der Waals surface area (Å²) in [5.74, 6) is -0.0929. The summed E-state index contributed by atoms with van der Waals surface area (Å²) >= 11 is 0. The fourth-order valence-corrected chi connectivity index (χ4v) is 2.25. The minimum atomic E-state index is -0.0929. The fraction of sp³-hybridized carbons (Fsp3) is 0.400. The standard InChI is InChI=1S/C15H20N2O2/c1-9-7-10(2)12-8-13(17-14(12)11(9)3)15(18)16-5-6-19-4/h7-8,17H,5-6H2,1-4H3,(H,16,18). The fourth-order valence-electron chi connectivity index (χ4n) is 2.25. The molecular weight excluding hydrogens is 240 g/mol. The first-order chi connectivity index (χ1) is 9.04. The van der Waals surface area contributed by atoms with E-state index in [2.05, 4.69) is 37.1 Å². The Kier molecular flexibility index (Phi) is 3.90. The van der Waals surface area contributed by atoms with Crippen LogP contribution in [0.5, 0.6) is 0 Å². The van der Waals surface area contributed by atoms with Gasteiger partial charge in [-0.15, -0.1) is 0 Å². The van der Waals surface area contributed by atoms with E-state index in [1.54, 1.807) is 7.11 Å². The van der Waals surface area contributed by atoms with Crippen LogP contribution in [0.3, 0.4) is 0 Å². The Morgan fingerprint density at radius 3 is 2.68 bits per heavy atom. The van der Waals surface area contributed by atoms with Crippen molar-refractivity contribution in [3.8, 4) is 0 Å². The molecule has 4 heteroatoms. The van der Waals surface area contributed by atoms with Gasteiger partial charge in [0.1, 0.15) is 5.69 Å². The summed E-state index contributed by atoms with van der Waals surface area (Å²) < 4.78 is 4.92. The lowest BCUT2D eigenvalue weighted by atomic mass is 10.0. The third-order valence-electron chi connectivity index (χ3n) is 3.48. The van der Waals surface area contributed by atoms with Crippen LogP contribution in [0.25, 0.3) is 10.9 Å². The van der Waals surface area contributed by atoms with Crippen molar-refractivity contribution >= 4 is 16.8 Å². The Bertz CT molecular complexity index is 614. The zero-order valence-corrected chi connectivity index (χ0v) is 11.9. The zero-order valence-electron chi connectivity index (χ0n) is 11.9. The van der Waals surface area contributed by atoms with E-state index in [1.165, 1.54) is 16.7 Å². The smallest absolute Gasteiger partial charge is 0.267 e. The second-order valence-corrected chi connectivity index (χ2v) is 4.86. The van der Waals surface area contributed by atoms with Gasteiger partial charge in [0.05, 0.1) is 6.61 Å². The average molecular weight is 260 g/mol. The number of fused-ring (bicyclic) bond motifs is 1. The van der Waals surface area contributed by atoms with Crippen LogP contribution in [-0.4, -0.2) is 31.2 Å². The van der Waals surface area contributed by atoms with Gasteiger partial charge in [-0.1, -0.05) is 6.07 Å². The number of aromatic nitrogens is 1. The van der Waals surface area contributed by atoms with Crippen molar-refractivity contribution in [3.05, 3.63) is 34.5 Å². The van der Waals surface area contributed by atoms with Gasteiger partial charge >= 0.3 is 0 Å². The molecule has 2 aromatic rings. The molecule has 102 valence electrons. The van der Waals surface area contributed by atoms with Crippen molar-refractivity contribution in [2.75, 3.05) is 20.3 Å². The highest BCUT2D eigenvalue weighted by molar-refractivity contribution is 5.99. The number of aryl methyl sites for hydroxylation is 3. The number of H-pyrrole nitrogens is 1. The molecule has 1 aromatic carbocycles. The monoisotopic (exact) mass is 260 g/mol. The highest BCUT2D eigenvalue weighted by Gasteiger charge is 2.12. The maximum atomic E-state index is 12.0. The molecule has 1 heterocycles. The van der Waals surface area contributed by atoms with Crippen LogP contribution in [0.1, 0.15) is 27.2 Å². The number of ether oxygens (including phenoxy) is 1. The number of carbonyl (C=O) groups is 1. The molecule has 19 heavy (non-hydrogen) atoms. The highest BCUT2D eigenvalue weighted by atomic mass is 16.5. The van der Waals surface area contributed by atoms with Crippen LogP contribution < -0.4 is 5.32 Å². The predicted molar refractivity (Wildman–Crippen MR) is 76.7 cm³/mol. The summed E-state index contributed by atoms with van der Waals surface area (Å²) in [5, 5.41) is 3.93. The second kappa shape index (κ2) is 5.45. The number of methoxy groups -OCH3 is 1. The van der Waals surface area contributed by atoms with Crippen LogP contribution in [-0.2, 0) is 4.74 Å². The Balaban J connectivity index is 2.34. The number of aromatic amines is 1. The maximum Gasteiger partial charge on any atom is 0.267 e. The van der Waals surface area contributed by atoms with Crippen molar-refractivity contribution in [1.29, 1.82) is 0 Å². The van der Waals surface area contributed by atoms with Crippen LogP contribution in [0.4, 0.5) is 0 Å². The molecule has 0 bridgehead atoms. The molecule has 4 nitrogen and oxygen atoms in total. The number of rotatable bonds is 4. The summed E-state index contributed by atoms with van der Waals surface area (Å²) in [5.41, 5.74) is 5.26. The molecule has 0 saturated carbocycles. The molecule has 0 radical (unpaired) electrons. The molecule has 0 unspecified atom stereocenters. The van der Waals surface area contributed by atoms with E-state index in [0.29, 0.717) is 18.8 Å². The van der Waals surface area contributed by atoms with Crippen molar-refractivity contribution in [3.63, 3.8) is 0 Å². The van der Waals surface area contributed by atoms with Gasteiger partial charge in [-0.2, -0.15) is 0 Å². The van der Waals surface area contributed by atoms with Gasteiger partial charge in [0.15, 0.2) is 0 Å². The lowest BCUT2D eigenvalue weighted by Gasteiger charge is -2.04. The Morgan fingerprint density at radius 1 is 1.26 bits per heavy atom. The van der Waals surface area contributed by atoms with E-state index in [0.717, 1.165) is 10.9 Å². The van der Waals surface area contributed by atoms with Gasteiger partial charge in [0.2, 0.25) is 0 Å². The van der Waals surface area contributed by atoms with Gasteiger partial charge < -0.3 is 15.0 Å². The van der Waals surface area contributed by atoms with Gasteiger partial charge in [-0.05, 0) is 43.5 Å². The molecule has 0 saturated heterocycles. The number of carbonyl (C=O) groups excluding carboxylic acids is 1. The zero-order chi connectivity index (χ0) is 14.0. The first-order valence-electron chi connectivity index (χ1n) is 6.41. The van der Waals surface area contributed by atoms with Crippen LogP contribution in [0, 0.1) is 20.8 Å². The van der Waals surface area contributed by atoms with Gasteiger partial charge in [-0.3, -0.25) is 4.79 Å². The number of hydrogen-bond acceptors (Lipinski definition) is 2. The molecule has 0 spiro atoms. The third-order valence-corrected chi connectivity index (χ3v) is 3.48.